The smallest absolute Gasteiger partial charge is 0.334 e. The van der Waals surface area contributed by atoms with E-state index in [4.69, 9.17) is 14.2 Å². The predicted octanol–water partition coefficient (Wildman–Crippen LogP) is 1.96. The summed E-state index contributed by atoms with van der Waals surface area (Å²) in [6.07, 6.45) is 4.95. The number of methoxy groups -OCH3 is 1. The number of hydrogen-bond donors (Lipinski definition) is 0. The highest BCUT2D eigenvalue weighted by atomic mass is 16.5. The summed E-state index contributed by atoms with van der Waals surface area (Å²) in [4.78, 5) is 34.7. The molecule has 0 spiro atoms. The highest BCUT2D eigenvalue weighted by molar-refractivity contribution is 5.94. The van der Waals surface area contributed by atoms with Gasteiger partial charge < -0.3 is 14.2 Å². The molecule has 0 unspecified atom stereocenters. The molecular formula is C16H24O6. The average molecular weight is 312 g/mol. The average Bonchev–Trinajstić information content (AvgIpc) is 2.51. The molecule has 0 aliphatic heterocycles. The number of carbonyl (C=O) groups excluding carboxylic acids is 3. The number of ketones is 1. The van der Waals surface area contributed by atoms with Crippen LogP contribution in [0.5, 0.6) is 0 Å². The van der Waals surface area contributed by atoms with Crippen LogP contribution >= 0.6 is 0 Å². The lowest BCUT2D eigenvalue weighted by Crippen LogP contribution is -2.22. The topological polar surface area (TPSA) is 78.9 Å². The van der Waals surface area contributed by atoms with E-state index in [0.717, 1.165) is 25.7 Å². The largest absolute Gasteiger partial charge is 0.462 e. The van der Waals surface area contributed by atoms with Gasteiger partial charge in [0.1, 0.15) is 12.7 Å². The maximum atomic E-state index is 11.7. The number of rotatable bonds is 9. The number of carbonyl (C=O) groups is 3. The van der Waals surface area contributed by atoms with Crippen molar-refractivity contribution in [3.05, 3.63) is 12.2 Å². The zero-order chi connectivity index (χ0) is 16.4. The van der Waals surface area contributed by atoms with Crippen LogP contribution in [-0.2, 0) is 28.6 Å². The second-order valence-electron chi connectivity index (χ2n) is 5.39. The summed E-state index contributed by atoms with van der Waals surface area (Å²) in [5, 5.41) is 0. The summed E-state index contributed by atoms with van der Waals surface area (Å²) in [5.41, 5.74) is 0.000325. The van der Waals surface area contributed by atoms with Crippen LogP contribution < -0.4 is 0 Å². The van der Waals surface area contributed by atoms with Crippen molar-refractivity contribution >= 4 is 17.7 Å². The van der Waals surface area contributed by atoms with Gasteiger partial charge >= 0.3 is 11.9 Å². The molecule has 1 aliphatic carbocycles. The fourth-order valence-electron chi connectivity index (χ4n) is 2.19. The molecule has 0 heterocycles. The third kappa shape index (κ3) is 7.36. The SMILES string of the molecule is C=C(CC(=O)OC1CCCCC1)C(=O)OCC(=O)CCOC. The Labute approximate surface area is 130 Å². The lowest BCUT2D eigenvalue weighted by Gasteiger charge is -2.21. The first kappa shape index (κ1) is 18.4. The Kier molecular flexibility index (Phi) is 8.43. The Bertz CT molecular complexity index is 409. The molecule has 0 saturated heterocycles. The molecule has 0 aromatic heterocycles. The van der Waals surface area contributed by atoms with Gasteiger partial charge in [0.15, 0.2) is 5.78 Å². The third-order valence-corrected chi connectivity index (χ3v) is 3.45. The minimum absolute atomic E-state index is 0.000325. The van der Waals surface area contributed by atoms with Crippen LogP contribution in [0, 0.1) is 0 Å². The normalized spacial score (nSPS) is 15.1. The van der Waals surface area contributed by atoms with Gasteiger partial charge in [-0.15, -0.1) is 0 Å². The summed E-state index contributed by atoms with van der Waals surface area (Å²) < 4.78 is 14.9. The highest BCUT2D eigenvalue weighted by Crippen LogP contribution is 2.21. The molecule has 6 nitrogen and oxygen atoms in total. The molecular weight excluding hydrogens is 288 g/mol. The van der Waals surface area contributed by atoms with Crippen LogP contribution in [0.15, 0.2) is 12.2 Å². The van der Waals surface area contributed by atoms with E-state index >= 15 is 0 Å². The summed E-state index contributed by atoms with van der Waals surface area (Å²) in [6, 6.07) is 0. The predicted molar refractivity (Wildman–Crippen MR) is 79.2 cm³/mol. The van der Waals surface area contributed by atoms with E-state index in [0.29, 0.717) is 0 Å². The van der Waals surface area contributed by atoms with Crippen molar-refractivity contribution in [3.8, 4) is 0 Å². The van der Waals surface area contributed by atoms with E-state index in [-0.39, 0.29) is 43.5 Å². The van der Waals surface area contributed by atoms with Crippen molar-refractivity contribution in [2.24, 2.45) is 0 Å². The Morgan fingerprint density at radius 2 is 1.82 bits per heavy atom. The van der Waals surface area contributed by atoms with Crippen LogP contribution in [0.1, 0.15) is 44.9 Å². The van der Waals surface area contributed by atoms with E-state index in [2.05, 4.69) is 6.58 Å². The van der Waals surface area contributed by atoms with E-state index in [9.17, 15) is 14.4 Å². The number of Topliss-reactive ketones (excluding diaryl/α,β-unsaturated/α-hetero) is 1. The fourth-order valence-corrected chi connectivity index (χ4v) is 2.19. The van der Waals surface area contributed by atoms with Gasteiger partial charge in [0, 0.05) is 19.1 Å². The molecule has 0 N–H and O–H groups in total. The van der Waals surface area contributed by atoms with Gasteiger partial charge in [0.2, 0.25) is 0 Å². The van der Waals surface area contributed by atoms with E-state index < -0.39 is 11.9 Å². The van der Waals surface area contributed by atoms with Gasteiger partial charge in [-0.1, -0.05) is 13.0 Å². The van der Waals surface area contributed by atoms with Crippen LogP contribution in [0.25, 0.3) is 0 Å². The summed E-state index contributed by atoms with van der Waals surface area (Å²) in [7, 11) is 1.49. The minimum Gasteiger partial charge on any atom is -0.462 e. The van der Waals surface area contributed by atoms with Crippen molar-refractivity contribution in [2.45, 2.75) is 51.0 Å². The molecule has 1 aliphatic rings. The lowest BCUT2D eigenvalue weighted by atomic mass is 9.98. The molecule has 0 aromatic carbocycles. The molecule has 1 saturated carbocycles. The maximum Gasteiger partial charge on any atom is 0.334 e. The van der Waals surface area contributed by atoms with Crippen LogP contribution in [0.4, 0.5) is 0 Å². The first-order chi connectivity index (χ1) is 10.5. The molecule has 0 aromatic rings. The highest BCUT2D eigenvalue weighted by Gasteiger charge is 2.20. The van der Waals surface area contributed by atoms with E-state index in [1.165, 1.54) is 13.5 Å². The number of esters is 2. The zero-order valence-corrected chi connectivity index (χ0v) is 13.1. The second kappa shape index (κ2) is 10.1. The van der Waals surface area contributed by atoms with Gasteiger partial charge in [-0.25, -0.2) is 4.79 Å². The molecule has 124 valence electrons. The number of ether oxygens (including phenoxy) is 3. The molecule has 0 radical (unpaired) electrons. The maximum absolute atomic E-state index is 11.7. The van der Waals surface area contributed by atoms with Gasteiger partial charge in [-0.3, -0.25) is 9.59 Å². The molecule has 1 fully saturated rings. The minimum atomic E-state index is -0.744. The monoisotopic (exact) mass is 312 g/mol. The van der Waals surface area contributed by atoms with Crippen molar-refractivity contribution < 1.29 is 28.6 Å². The first-order valence-corrected chi connectivity index (χ1v) is 7.58. The Hall–Kier alpha value is -1.69. The summed E-state index contributed by atoms with van der Waals surface area (Å²) in [5.74, 6) is -1.46. The molecule has 0 amide bonds. The summed E-state index contributed by atoms with van der Waals surface area (Å²) >= 11 is 0. The molecule has 1 rings (SSSR count). The molecule has 22 heavy (non-hydrogen) atoms. The van der Waals surface area contributed by atoms with Crippen LogP contribution in [0.2, 0.25) is 0 Å². The lowest BCUT2D eigenvalue weighted by molar-refractivity contribution is -0.152. The van der Waals surface area contributed by atoms with E-state index in [1.54, 1.807) is 0 Å². The molecule has 0 bridgehead atoms. The van der Waals surface area contributed by atoms with Crippen molar-refractivity contribution in [3.63, 3.8) is 0 Å². The quantitative estimate of drug-likeness (QED) is 0.478. The Morgan fingerprint density at radius 3 is 2.45 bits per heavy atom. The van der Waals surface area contributed by atoms with Crippen LogP contribution in [-0.4, -0.2) is 44.1 Å². The van der Waals surface area contributed by atoms with Crippen LogP contribution in [0.3, 0.4) is 0 Å². The van der Waals surface area contributed by atoms with Crippen molar-refractivity contribution in [2.75, 3.05) is 20.3 Å². The van der Waals surface area contributed by atoms with Gasteiger partial charge in [-0.05, 0) is 25.7 Å². The standard InChI is InChI=1S/C16H24O6/c1-12(16(19)21-11-13(17)8-9-20-2)10-15(18)22-14-6-4-3-5-7-14/h14H,1,3-11H2,2H3. The Morgan fingerprint density at radius 1 is 1.14 bits per heavy atom. The van der Waals surface area contributed by atoms with Gasteiger partial charge in [0.25, 0.3) is 0 Å². The Balaban J connectivity index is 2.23. The van der Waals surface area contributed by atoms with Crippen molar-refractivity contribution in [1.82, 2.24) is 0 Å². The van der Waals surface area contributed by atoms with E-state index in [1.807, 2.05) is 0 Å². The molecule has 0 atom stereocenters. The number of hydrogen-bond acceptors (Lipinski definition) is 6. The zero-order valence-electron chi connectivity index (χ0n) is 13.1. The third-order valence-electron chi connectivity index (χ3n) is 3.45. The van der Waals surface area contributed by atoms with Gasteiger partial charge in [-0.2, -0.15) is 0 Å². The first-order valence-electron chi connectivity index (χ1n) is 7.58. The second-order valence-corrected chi connectivity index (χ2v) is 5.39. The molecule has 6 heteroatoms. The fraction of sp³-hybridized carbons (Fsp3) is 0.688. The van der Waals surface area contributed by atoms with Crippen molar-refractivity contribution in [1.29, 1.82) is 0 Å². The summed E-state index contributed by atoms with van der Waals surface area (Å²) in [6.45, 7) is 3.46. The van der Waals surface area contributed by atoms with Gasteiger partial charge in [0.05, 0.1) is 13.0 Å².